The summed E-state index contributed by atoms with van der Waals surface area (Å²) in [6.07, 6.45) is -1.72. The van der Waals surface area contributed by atoms with Crippen LogP contribution in [0.3, 0.4) is 0 Å². The van der Waals surface area contributed by atoms with Gasteiger partial charge in [0.05, 0.1) is 10.6 Å². The second-order valence-electron chi connectivity index (χ2n) is 3.99. The van der Waals surface area contributed by atoms with Crippen molar-refractivity contribution in [2.45, 2.75) is 38.4 Å². The van der Waals surface area contributed by atoms with Gasteiger partial charge in [-0.05, 0) is 24.1 Å². The Balaban J connectivity index is 0.00000289. The van der Waals surface area contributed by atoms with Crippen molar-refractivity contribution in [1.82, 2.24) is 0 Å². The van der Waals surface area contributed by atoms with E-state index in [1.54, 1.807) is 0 Å². The zero-order chi connectivity index (χ0) is 13.1. The van der Waals surface area contributed by atoms with Crippen LogP contribution in [-0.2, 0) is 6.18 Å². The third-order valence-corrected chi connectivity index (χ3v) is 2.91. The predicted octanol–water partition coefficient (Wildman–Crippen LogP) is 4.97. The zero-order valence-electron chi connectivity index (χ0n) is 9.93. The number of nitrogens with two attached hydrogens (primary N) is 1. The van der Waals surface area contributed by atoms with Gasteiger partial charge in [-0.15, -0.1) is 12.4 Å². The van der Waals surface area contributed by atoms with Crippen LogP contribution in [0, 0.1) is 0 Å². The summed E-state index contributed by atoms with van der Waals surface area (Å²) in [7, 11) is 0. The van der Waals surface area contributed by atoms with Gasteiger partial charge in [0.1, 0.15) is 0 Å². The van der Waals surface area contributed by atoms with Crippen molar-refractivity contribution in [3.63, 3.8) is 0 Å². The first-order chi connectivity index (χ1) is 7.86. The van der Waals surface area contributed by atoms with Crippen molar-refractivity contribution in [3.8, 4) is 0 Å². The Morgan fingerprint density at radius 3 is 2.39 bits per heavy atom. The molecule has 1 aromatic rings. The molecule has 1 atom stereocenters. The van der Waals surface area contributed by atoms with Crippen molar-refractivity contribution in [2.75, 3.05) is 0 Å². The normalized spacial score (nSPS) is 13.0. The van der Waals surface area contributed by atoms with Crippen LogP contribution in [0.25, 0.3) is 0 Å². The number of hydrogen-bond acceptors (Lipinski definition) is 1. The molecule has 0 aliphatic heterocycles. The van der Waals surface area contributed by atoms with E-state index in [2.05, 4.69) is 0 Å². The van der Waals surface area contributed by atoms with E-state index in [4.69, 9.17) is 17.3 Å². The highest BCUT2D eigenvalue weighted by Crippen LogP contribution is 2.35. The van der Waals surface area contributed by atoms with E-state index in [0.29, 0.717) is 5.56 Å². The van der Waals surface area contributed by atoms with Gasteiger partial charge in [-0.2, -0.15) is 13.2 Å². The lowest BCUT2D eigenvalue weighted by Gasteiger charge is -2.14. The molecule has 1 aromatic carbocycles. The van der Waals surface area contributed by atoms with Gasteiger partial charge in [0, 0.05) is 6.04 Å². The minimum Gasteiger partial charge on any atom is -0.324 e. The Morgan fingerprint density at radius 2 is 1.94 bits per heavy atom. The van der Waals surface area contributed by atoms with E-state index in [1.807, 2.05) is 6.92 Å². The molecule has 0 bridgehead atoms. The lowest BCUT2D eigenvalue weighted by atomic mass is 10.0. The van der Waals surface area contributed by atoms with Gasteiger partial charge in [0.25, 0.3) is 0 Å². The maximum absolute atomic E-state index is 12.5. The fraction of sp³-hybridized carbons (Fsp3) is 0.500. The Bertz CT molecular complexity index is 380. The van der Waals surface area contributed by atoms with E-state index in [-0.39, 0.29) is 23.5 Å². The Hall–Kier alpha value is -0.450. The van der Waals surface area contributed by atoms with Gasteiger partial charge in [-0.1, -0.05) is 37.4 Å². The molecule has 0 aliphatic rings. The van der Waals surface area contributed by atoms with Crippen molar-refractivity contribution < 1.29 is 13.2 Å². The van der Waals surface area contributed by atoms with Crippen LogP contribution < -0.4 is 5.73 Å². The highest BCUT2D eigenvalue weighted by atomic mass is 35.5. The fourth-order valence-corrected chi connectivity index (χ4v) is 1.88. The summed E-state index contributed by atoms with van der Waals surface area (Å²) >= 11 is 5.62. The Morgan fingerprint density at radius 1 is 1.33 bits per heavy atom. The lowest BCUT2D eigenvalue weighted by Crippen LogP contribution is -2.12. The first kappa shape index (κ1) is 17.6. The fourth-order valence-electron chi connectivity index (χ4n) is 1.58. The minimum absolute atomic E-state index is 0. The van der Waals surface area contributed by atoms with Gasteiger partial charge < -0.3 is 5.73 Å². The Kier molecular flexibility index (Phi) is 7.04. The molecule has 1 rings (SSSR count). The van der Waals surface area contributed by atoms with Crippen LogP contribution >= 0.6 is 24.0 Å². The summed E-state index contributed by atoms with van der Waals surface area (Å²) in [5, 5.41) is -0.290. The van der Waals surface area contributed by atoms with E-state index in [0.717, 1.165) is 25.3 Å². The molecule has 0 amide bonds. The topological polar surface area (TPSA) is 26.0 Å². The molecule has 0 radical (unpaired) electrons. The third kappa shape index (κ3) is 4.67. The summed E-state index contributed by atoms with van der Waals surface area (Å²) in [6, 6.07) is 3.44. The molecule has 0 unspecified atom stereocenters. The maximum atomic E-state index is 12.5. The number of hydrogen-bond donors (Lipinski definition) is 1. The van der Waals surface area contributed by atoms with Crippen LogP contribution in [0.1, 0.15) is 43.4 Å². The Labute approximate surface area is 116 Å². The molecule has 2 N–H and O–H groups in total. The molecule has 0 saturated carbocycles. The average Bonchev–Trinajstić information content (AvgIpc) is 2.23. The van der Waals surface area contributed by atoms with Gasteiger partial charge in [-0.25, -0.2) is 0 Å². The van der Waals surface area contributed by atoms with Crippen LogP contribution in [0.4, 0.5) is 13.2 Å². The van der Waals surface area contributed by atoms with Crippen LogP contribution in [0.5, 0.6) is 0 Å². The molecule has 104 valence electrons. The molecule has 18 heavy (non-hydrogen) atoms. The molecule has 0 aromatic heterocycles. The molecular formula is C12H16Cl2F3N. The molecule has 0 heterocycles. The van der Waals surface area contributed by atoms with E-state index in [9.17, 15) is 13.2 Å². The lowest BCUT2D eigenvalue weighted by molar-refractivity contribution is -0.137. The van der Waals surface area contributed by atoms with Gasteiger partial charge in [-0.3, -0.25) is 0 Å². The van der Waals surface area contributed by atoms with Gasteiger partial charge in [0.15, 0.2) is 0 Å². The summed E-state index contributed by atoms with van der Waals surface area (Å²) < 4.78 is 37.4. The second-order valence-corrected chi connectivity index (χ2v) is 4.39. The first-order valence-corrected chi connectivity index (χ1v) is 5.86. The third-order valence-electron chi connectivity index (χ3n) is 2.60. The maximum Gasteiger partial charge on any atom is 0.417 e. The number of halogens is 5. The molecule has 0 saturated heterocycles. The van der Waals surface area contributed by atoms with Crippen LogP contribution in [-0.4, -0.2) is 0 Å². The van der Waals surface area contributed by atoms with Crippen molar-refractivity contribution in [1.29, 1.82) is 0 Å². The minimum atomic E-state index is -4.41. The largest absolute Gasteiger partial charge is 0.417 e. The van der Waals surface area contributed by atoms with Crippen molar-refractivity contribution in [3.05, 3.63) is 34.3 Å². The van der Waals surface area contributed by atoms with Crippen LogP contribution in [0.2, 0.25) is 5.02 Å². The first-order valence-electron chi connectivity index (χ1n) is 5.48. The van der Waals surface area contributed by atoms with Crippen molar-refractivity contribution in [2.24, 2.45) is 5.73 Å². The SMILES string of the molecule is CCCC[C@H](N)c1ccc(C(F)(F)F)c(Cl)c1.Cl. The summed E-state index contributed by atoms with van der Waals surface area (Å²) in [5.41, 5.74) is 5.70. The standard InChI is InChI=1S/C12H15ClF3N.ClH/c1-2-3-4-11(17)8-5-6-9(10(13)7-8)12(14,15)16;/h5-7,11H,2-4,17H2,1H3;1H/t11-;/m0./s1. The van der Waals surface area contributed by atoms with Crippen molar-refractivity contribution >= 4 is 24.0 Å². The highest BCUT2D eigenvalue weighted by molar-refractivity contribution is 6.31. The van der Waals surface area contributed by atoms with E-state index in [1.165, 1.54) is 12.1 Å². The monoisotopic (exact) mass is 301 g/mol. The second kappa shape index (κ2) is 7.22. The molecule has 0 fully saturated rings. The summed E-state index contributed by atoms with van der Waals surface area (Å²) in [6.45, 7) is 2.03. The molecule has 6 heteroatoms. The van der Waals surface area contributed by atoms with E-state index < -0.39 is 11.7 Å². The predicted molar refractivity (Wildman–Crippen MR) is 70.2 cm³/mol. The highest BCUT2D eigenvalue weighted by Gasteiger charge is 2.33. The van der Waals surface area contributed by atoms with Crippen LogP contribution in [0.15, 0.2) is 18.2 Å². The zero-order valence-corrected chi connectivity index (χ0v) is 11.5. The molecule has 1 nitrogen and oxygen atoms in total. The average molecular weight is 302 g/mol. The summed E-state index contributed by atoms with van der Waals surface area (Å²) in [5.74, 6) is 0. The molecule has 0 aliphatic carbocycles. The number of rotatable bonds is 4. The number of benzene rings is 1. The molecule has 0 spiro atoms. The van der Waals surface area contributed by atoms with Gasteiger partial charge in [0.2, 0.25) is 0 Å². The number of unbranched alkanes of at least 4 members (excludes halogenated alkanes) is 1. The smallest absolute Gasteiger partial charge is 0.324 e. The molecular weight excluding hydrogens is 286 g/mol. The summed E-state index contributed by atoms with van der Waals surface area (Å²) in [4.78, 5) is 0. The quantitative estimate of drug-likeness (QED) is 0.835. The van der Waals surface area contributed by atoms with E-state index >= 15 is 0 Å². The van der Waals surface area contributed by atoms with Gasteiger partial charge >= 0.3 is 6.18 Å². The number of alkyl halides is 3.